The molecular formula is C7H6BrFO. The zero-order chi connectivity index (χ0) is 7.56. The molecule has 1 atom stereocenters. The topological polar surface area (TPSA) is 17.1 Å². The van der Waals surface area contributed by atoms with Crippen LogP contribution in [-0.2, 0) is 4.79 Å². The van der Waals surface area contributed by atoms with Crippen LogP contribution in [0, 0.1) is 0 Å². The van der Waals surface area contributed by atoms with Gasteiger partial charge in [0.1, 0.15) is 5.83 Å². The summed E-state index contributed by atoms with van der Waals surface area (Å²) in [5.41, 5.74) is 0.146. The zero-order valence-corrected chi connectivity index (χ0v) is 6.77. The van der Waals surface area contributed by atoms with Crippen molar-refractivity contribution in [2.24, 2.45) is 0 Å². The highest BCUT2D eigenvalue weighted by Gasteiger charge is 2.15. The van der Waals surface area contributed by atoms with Crippen molar-refractivity contribution in [2.75, 3.05) is 0 Å². The number of hydrogen-bond acceptors (Lipinski definition) is 1. The van der Waals surface area contributed by atoms with Gasteiger partial charge in [0, 0.05) is 5.57 Å². The van der Waals surface area contributed by atoms with Crippen molar-refractivity contribution in [3.8, 4) is 0 Å². The molecule has 0 aromatic heterocycles. The van der Waals surface area contributed by atoms with Gasteiger partial charge in [-0.25, -0.2) is 4.39 Å². The van der Waals surface area contributed by atoms with Crippen LogP contribution in [0.3, 0.4) is 0 Å². The molecule has 0 spiro atoms. The summed E-state index contributed by atoms with van der Waals surface area (Å²) < 4.78 is 12.8. The van der Waals surface area contributed by atoms with Crippen LogP contribution in [0.4, 0.5) is 4.39 Å². The Morgan fingerprint density at radius 3 is 3.00 bits per heavy atom. The first kappa shape index (κ1) is 7.66. The Labute approximate surface area is 66.7 Å². The van der Waals surface area contributed by atoms with Crippen LogP contribution in [0.5, 0.6) is 0 Å². The fourth-order valence-electron chi connectivity index (χ4n) is 0.774. The average molecular weight is 205 g/mol. The van der Waals surface area contributed by atoms with E-state index in [1.54, 1.807) is 6.08 Å². The van der Waals surface area contributed by atoms with Crippen molar-refractivity contribution >= 4 is 22.2 Å². The highest BCUT2D eigenvalue weighted by molar-refractivity contribution is 9.09. The lowest BCUT2D eigenvalue weighted by molar-refractivity contribution is -0.104. The van der Waals surface area contributed by atoms with Crippen LogP contribution in [0.15, 0.2) is 23.6 Å². The molecule has 0 aromatic rings. The summed E-state index contributed by atoms with van der Waals surface area (Å²) in [4.78, 5) is 9.84. The van der Waals surface area contributed by atoms with Gasteiger partial charge in [-0.05, 0) is 6.42 Å². The van der Waals surface area contributed by atoms with Gasteiger partial charge >= 0.3 is 0 Å². The first-order chi connectivity index (χ1) is 4.75. The van der Waals surface area contributed by atoms with Gasteiger partial charge in [-0.1, -0.05) is 28.1 Å². The van der Waals surface area contributed by atoms with E-state index in [1.165, 1.54) is 6.08 Å². The first-order valence-corrected chi connectivity index (χ1v) is 3.82. The number of carbonyl (C=O) groups excluding carboxylic acids is 1. The highest BCUT2D eigenvalue weighted by atomic mass is 79.9. The van der Waals surface area contributed by atoms with E-state index in [2.05, 4.69) is 15.9 Å². The molecule has 54 valence electrons. The molecule has 3 heteroatoms. The number of halogens is 2. The molecule has 0 aromatic carbocycles. The number of hydrogen-bond donors (Lipinski definition) is 0. The predicted molar refractivity (Wildman–Crippen MR) is 40.7 cm³/mol. The molecule has 1 rings (SSSR count). The van der Waals surface area contributed by atoms with E-state index in [-0.39, 0.29) is 16.2 Å². The van der Waals surface area contributed by atoms with Crippen LogP contribution in [0.1, 0.15) is 6.42 Å². The number of aldehydes is 1. The van der Waals surface area contributed by atoms with Crippen LogP contribution < -0.4 is 0 Å². The van der Waals surface area contributed by atoms with Gasteiger partial charge in [0.05, 0.1) is 4.83 Å². The number of alkyl halides is 1. The summed E-state index contributed by atoms with van der Waals surface area (Å²) in [6, 6.07) is 0. The van der Waals surface area contributed by atoms with E-state index in [1.807, 2.05) is 0 Å². The lowest BCUT2D eigenvalue weighted by Gasteiger charge is -2.09. The average Bonchev–Trinajstić information content (AvgIpc) is 1.95. The molecule has 0 bridgehead atoms. The second-order valence-electron chi connectivity index (χ2n) is 2.03. The molecule has 0 heterocycles. The van der Waals surface area contributed by atoms with Crippen molar-refractivity contribution in [3.05, 3.63) is 23.6 Å². The molecule has 0 radical (unpaired) electrons. The highest BCUT2D eigenvalue weighted by Crippen LogP contribution is 2.25. The molecule has 0 fully saturated rings. The molecule has 0 amide bonds. The van der Waals surface area contributed by atoms with Crippen molar-refractivity contribution in [2.45, 2.75) is 11.2 Å². The number of rotatable bonds is 1. The molecule has 1 nitrogen and oxygen atoms in total. The molecular weight excluding hydrogens is 199 g/mol. The van der Waals surface area contributed by atoms with E-state index in [0.717, 1.165) is 0 Å². The number of allylic oxidation sites excluding steroid dienone is 4. The molecule has 0 saturated heterocycles. The van der Waals surface area contributed by atoms with Gasteiger partial charge in [0.2, 0.25) is 0 Å². The van der Waals surface area contributed by atoms with Gasteiger partial charge in [-0.3, -0.25) is 4.79 Å². The maximum atomic E-state index is 12.8. The quantitative estimate of drug-likeness (QED) is 0.473. The maximum Gasteiger partial charge on any atom is 0.152 e. The largest absolute Gasteiger partial charge is 0.298 e. The molecule has 10 heavy (non-hydrogen) atoms. The Balaban J connectivity index is 2.92. The molecule has 0 saturated carbocycles. The third kappa shape index (κ3) is 1.34. The van der Waals surface area contributed by atoms with Crippen molar-refractivity contribution in [1.82, 2.24) is 0 Å². The Morgan fingerprint density at radius 1 is 1.80 bits per heavy atom. The van der Waals surface area contributed by atoms with Crippen molar-refractivity contribution in [1.29, 1.82) is 0 Å². The van der Waals surface area contributed by atoms with E-state index >= 15 is 0 Å². The van der Waals surface area contributed by atoms with E-state index in [4.69, 9.17) is 0 Å². The second-order valence-corrected chi connectivity index (χ2v) is 3.13. The fraction of sp³-hybridized carbons (Fsp3) is 0.286. The van der Waals surface area contributed by atoms with E-state index in [9.17, 15) is 9.18 Å². The zero-order valence-electron chi connectivity index (χ0n) is 5.18. The summed E-state index contributed by atoms with van der Waals surface area (Å²) >= 11 is 3.09. The molecule has 0 N–H and O–H groups in total. The predicted octanol–water partition coefficient (Wildman–Crippen LogP) is 2.13. The molecule has 1 aliphatic carbocycles. The van der Waals surface area contributed by atoms with Gasteiger partial charge in [-0.15, -0.1) is 0 Å². The minimum atomic E-state index is -0.363. The SMILES string of the molecule is O=CC1=C(F)C(Br)CC=C1. The minimum absolute atomic E-state index is 0.146. The number of carbonyl (C=O) groups is 1. The maximum absolute atomic E-state index is 12.8. The van der Waals surface area contributed by atoms with E-state index in [0.29, 0.717) is 12.7 Å². The Hall–Kier alpha value is -0.440. The summed E-state index contributed by atoms with van der Waals surface area (Å²) in [5, 5.41) is 0. The molecule has 1 unspecified atom stereocenters. The summed E-state index contributed by atoms with van der Waals surface area (Å²) in [7, 11) is 0. The van der Waals surface area contributed by atoms with Crippen molar-refractivity contribution in [3.63, 3.8) is 0 Å². The normalized spacial score (nSPS) is 25.2. The van der Waals surface area contributed by atoms with Crippen LogP contribution in [0.25, 0.3) is 0 Å². The Kier molecular flexibility index (Phi) is 2.38. The van der Waals surface area contributed by atoms with Crippen LogP contribution in [-0.4, -0.2) is 11.1 Å². The summed E-state index contributed by atoms with van der Waals surface area (Å²) in [6.45, 7) is 0. The second kappa shape index (κ2) is 3.10. The summed E-state index contributed by atoms with van der Waals surface area (Å²) in [6.07, 6.45) is 4.41. The van der Waals surface area contributed by atoms with Gasteiger partial charge in [0.15, 0.2) is 6.29 Å². The Bertz CT molecular complexity index is 208. The van der Waals surface area contributed by atoms with E-state index < -0.39 is 0 Å². The monoisotopic (exact) mass is 204 g/mol. The van der Waals surface area contributed by atoms with Gasteiger partial charge in [0.25, 0.3) is 0 Å². The smallest absolute Gasteiger partial charge is 0.152 e. The fourth-order valence-corrected chi connectivity index (χ4v) is 1.25. The standard InChI is InChI=1S/C7H6BrFO/c8-6-3-1-2-5(4-10)7(6)9/h1-2,4,6H,3H2. The lowest BCUT2D eigenvalue weighted by Crippen LogP contribution is -2.04. The van der Waals surface area contributed by atoms with Crippen LogP contribution in [0.2, 0.25) is 0 Å². The Morgan fingerprint density at radius 2 is 2.50 bits per heavy atom. The molecule has 1 aliphatic rings. The van der Waals surface area contributed by atoms with Crippen molar-refractivity contribution < 1.29 is 9.18 Å². The molecule has 0 aliphatic heterocycles. The third-order valence-electron chi connectivity index (χ3n) is 1.32. The van der Waals surface area contributed by atoms with Gasteiger partial charge < -0.3 is 0 Å². The third-order valence-corrected chi connectivity index (χ3v) is 2.09. The minimum Gasteiger partial charge on any atom is -0.298 e. The first-order valence-electron chi connectivity index (χ1n) is 2.91. The van der Waals surface area contributed by atoms with Gasteiger partial charge in [-0.2, -0.15) is 0 Å². The van der Waals surface area contributed by atoms with Crippen LogP contribution >= 0.6 is 15.9 Å². The summed E-state index contributed by atoms with van der Waals surface area (Å²) in [5.74, 6) is -0.363. The lowest BCUT2D eigenvalue weighted by atomic mass is 10.1.